The molecule has 2 aromatic rings. The van der Waals surface area contributed by atoms with Crippen molar-refractivity contribution in [3.8, 4) is 0 Å². The van der Waals surface area contributed by atoms with Crippen LogP contribution in [0.25, 0.3) is 0 Å². The Morgan fingerprint density at radius 1 is 0.963 bits per heavy atom. The quantitative estimate of drug-likeness (QED) is 0.679. The van der Waals surface area contributed by atoms with Crippen LogP contribution in [-0.4, -0.2) is 36.3 Å². The van der Waals surface area contributed by atoms with Gasteiger partial charge in [0.1, 0.15) is 0 Å². The summed E-state index contributed by atoms with van der Waals surface area (Å²) in [6, 6.07) is 14.8. The van der Waals surface area contributed by atoms with Crippen LogP contribution < -0.4 is 10.6 Å². The molecule has 1 atom stereocenters. The number of halogens is 1. The van der Waals surface area contributed by atoms with Gasteiger partial charge in [0.25, 0.3) is 0 Å². The molecule has 2 amide bonds. The van der Waals surface area contributed by atoms with Gasteiger partial charge in [0.05, 0.1) is 18.3 Å². The molecule has 0 radical (unpaired) electrons. The Hall–Kier alpha value is -2.18. The van der Waals surface area contributed by atoms with E-state index >= 15 is 0 Å². The molecule has 5 nitrogen and oxygen atoms in total. The molecule has 0 saturated carbocycles. The molecule has 0 heterocycles. The maximum Gasteiger partial charge on any atom is 0.241 e. The first-order chi connectivity index (χ1) is 12.8. The molecule has 6 heteroatoms. The topological polar surface area (TPSA) is 61.4 Å². The summed E-state index contributed by atoms with van der Waals surface area (Å²) in [5, 5.41) is 5.83. The van der Waals surface area contributed by atoms with Gasteiger partial charge in [-0.1, -0.05) is 44.2 Å². The highest BCUT2D eigenvalue weighted by atomic mass is 79.9. The summed E-state index contributed by atoms with van der Waals surface area (Å²) in [6.07, 6.45) is 0. The van der Waals surface area contributed by atoms with Crippen molar-refractivity contribution in [1.82, 2.24) is 4.90 Å². The second-order valence-electron chi connectivity index (χ2n) is 6.85. The van der Waals surface area contributed by atoms with E-state index in [-0.39, 0.29) is 18.4 Å². The van der Waals surface area contributed by atoms with E-state index in [1.165, 1.54) is 0 Å². The Bertz CT molecular complexity index is 808. The second-order valence-corrected chi connectivity index (χ2v) is 7.70. The second kappa shape index (κ2) is 9.67. The van der Waals surface area contributed by atoms with E-state index in [0.717, 1.165) is 15.7 Å². The molecule has 2 aromatic carbocycles. The van der Waals surface area contributed by atoms with Crippen molar-refractivity contribution < 1.29 is 9.59 Å². The summed E-state index contributed by atoms with van der Waals surface area (Å²) in [5.74, 6) is -0.00412. The van der Waals surface area contributed by atoms with Crippen LogP contribution in [0.1, 0.15) is 32.3 Å². The minimum absolute atomic E-state index is 0.113. The highest BCUT2D eigenvalue weighted by molar-refractivity contribution is 9.10. The summed E-state index contributed by atoms with van der Waals surface area (Å²) >= 11 is 3.41. The summed E-state index contributed by atoms with van der Waals surface area (Å²) in [7, 11) is 1.76. The Morgan fingerprint density at radius 3 is 2.19 bits per heavy atom. The summed E-state index contributed by atoms with van der Waals surface area (Å²) in [5.41, 5.74) is 2.61. The molecule has 144 valence electrons. The summed E-state index contributed by atoms with van der Waals surface area (Å²) < 4.78 is 0.817. The van der Waals surface area contributed by atoms with Crippen molar-refractivity contribution in [2.75, 3.05) is 24.2 Å². The van der Waals surface area contributed by atoms with Crippen molar-refractivity contribution in [2.24, 2.45) is 0 Å². The van der Waals surface area contributed by atoms with Gasteiger partial charge in [0, 0.05) is 10.2 Å². The largest absolute Gasteiger partial charge is 0.324 e. The number of amides is 2. The Balaban J connectivity index is 1.96. The lowest BCUT2D eigenvalue weighted by Crippen LogP contribution is -2.43. The maximum absolute atomic E-state index is 12.6. The van der Waals surface area contributed by atoms with Crippen LogP contribution in [0.5, 0.6) is 0 Å². The minimum atomic E-state index is -0.449. The number of hydrogen-bond acceptors (Lipinski definition) is 3. The van der Waals surface area contributed by atoms with Gasteiger partial charge < -0.3 is 10.6 Å². The standard InChI is InChI=1S/C21H26BrN3O2/c1-14(2)16-9-5-7-11-18(16)24-21(27)15(3)25(4)13-20(26)23-19-12-8-6-10-17(19)22/h5-12,14-15H,13H2,1-4H3,(H,23,26)(H,24,27). The Kier molecular flexibility index (Phi) is 7.56. The molecule has 0 spiro atoms. The fraction of sp³-hybridized carbons (Fsp3) is 0.333. The van der Waals surface area contributed by atoms with Crippen molar-refractivity contribution in [1.29, 1.82) is 0 Å². The van der Waals surface area contributed by atoms with Gasteiger partial charge >= 0.3 is 0 Å². The van der Waals surface area contributed by atoms with Gasteiger partial charge in [-0.05, 0) is 59.6 Å². The van der Waals surface area contributed by atoms with Crippen LogP contribution in [-0.2, 0) is 9.59 Å². The number of nitrogens with zero attached hydrogens (tertiary/aromatic N) is 1. The van der Waals surface area contributed by atoms with E-state index in [1.807, 2.05) is 48.5 Å². The van der Waals surface area contributed by atoms with Gasteiger partial charge in [-0.3, -0.25) is 14.5 Å². The monoisotopic (exact) mass is 431 g/mol. The number of carbonyl (C=O) groups excluding carboxylic acids is 2. The molecule has 0 aliphatic heterocycles. The van der Waals surface area contributed by atoms with Crippen LogP contribution >= 0.6 is 15.9 Å². The molecule has 0 fully saturated rings. The van der Waals surface area contributed by atoms with Gasteiger partial charge in [-0.15, -0.1) is 0 Å². The zero-order valence-corrected chi connectivity index (χ0v) is 17.7. The zero-order valence-electron chi connectivity index (χ0n) is 16.1. The number of rotatable bonds is 7. The minimum Gasteiger partial charge on any atom is -0.324 e. The van der Waals surface area contributed by atoms with Crippen molar-refractivity contribution in [2.45, 2.75) is 32.7 Å². The number of para-hydroxylation sites is 2. The molecule has 2 N–H and O–H groups in total. The third kappa shape index (κ3) is 5.91. The first-order valence-corrected chi connectivity index (χ1v) is 9.73. The number of likely N-dealkylation sites (N-methyl/N-ethyl adjacent to an activating group) is 1. The van der Waals surface area contributed by atoms with E-state index in [1.54, 1.807) is 18.9 Å². The van der Waals surface area contributed by atoms with Crippen molar-refractivity contribution >= 4 is 39.1 Å². The van der Waals surface area contributed by atoms with Gasteiger partial charge in [-0.2, -0.15) is 0 Å². The van der Waals surface area contributed by atoms with Gasteiger partial charge in [0.15, 0.2) is 0 Å². The SMILES string of the molecule is CC(C)c1ccccc1NC(=O)C(C)N(C)CC(=O)Nc1ccccc1Br. The fourth-order valence-electron chi connectivity index (χ4n) is 2.67. The molecule has 0 aromatic heterocycles. The number of benzene rings is 2. The van der Waals surface area contributed by atoms with Crippen molar-refractivity contribution in [3.63, 3.8) is 0 Å². The highest BCUT2D eigenvalue weighted by Crippen LogP contribution is 2.24. The maximum atomic E-state index is 12.6. The molecule has 1 unspecified atom stereocenters. The predicted octanol–water partition coefficient (Wildman–Crippen LogP) is 4.47. The van der Waals surface area contributed by atoms with Crippen LogP contribution in [0.15, 0.2) is 53.0 Å². The zero-order chi connectivity index (χ0) is 20.0. The van der Waals surface area contributed by atoms with Gasteiger partial charge in [0.2, 0.25) is 11.8 Å². The van der Waals surface area contributed by atoms with E-state index < -0.39 is 6.04 Å². The average molecular weight is 432 g/mol. The van der Waals surface area contributed by atoms with E-state index in [2.05, 4.69) is 40.4 Å². The van der Waals surface area contributed by atoms with Crippen LogP contribution in [0.4, 0.5) is 11.4 Å². The number of nitrogens with one attached hydrogen (secondary N) is 2. The molecular formula is C21H26BrN3O2. The lowest BCUT2D eigenvalue weighted by Gasteiger charge is -2.24. The summed E-state index contributed by atoms with van der Waals surface area (Å²) in [6.45, 7) is 6.08. The Labute approximate surface area is 169 Å². The first-order valence-electron chi connectivity index (χ1n) is 8.94. The third-order valence-electron chi connectivity index (χ3n) is 4.42. The Morgan fingerprint density at radius 2 is 1.56 bits per heavy atom. The van der Waals surface area contributed by atoms with Crippen LogP contribution in [0, 0.1) is 0 Å². The number of anilines is 2. The number of carbonyl (C=O) groups is 2. The van der Waals surface area contributed by atoms with E-state index in [9.17, 15) is 9.59 Å². The fourth-order valence-corrected chi connectivity index (χ4v) is 3.05. The lowest BCUT2D eigenvalue weighted by atomic mass is 10.0. The molecule has 2 rings (SSSR count). The van der Waals surface area contributed by atoms with Crippen LogP contribution in [0.2, 0.25) is 0 Å². The molecule has 27 heavy (non-hydrogen) atoms. The number of hydrogen-bond donors (Lipinski definition) is 2. The normalized spacial score (nSPS) is 12.1. The summed E-state index contributed by atoms with van der Waals surface area (Å²) in [4.78, 5) is 26.7. The molecule has 0 aliphatic carbocycles. The molecular weight excluding hydrogens is 406 g/mol. The lowest BCUT2D eigenvalue weighted by molar-refractivity contribution is -0.122. The molecule has 0 saturated heterocycles. The van der Waals surface area contributed by atoms with Gasteiger partial charge in [-0.25, -0.2) is 0 Å². The third-order valence-corrected chi connectivity index (χ3v) is 5.11. The molecule has 0 aliphatic rings. The first kappa shape index (κ1) is 21.1. The van der Waals surface area contributed by atoms with E-state index in [4.69, 9.17) is 0 Å². The van der Waals surface area contributed by atoms with Crippen LogP contribution in [0.3, 0.4) is 0 Å². The predicted molar refractivity (Wildman–Crippen MR) is 114 cm³/mol. The average Bonchev–Trinajstić information content (AvgIpc) is 2.63. The molecule has 0 bridgehead atoms. The smallest absolute Gasteiger partial charge is 0.241 e. The van der Waals surface area contributed by atoms with E-state index in [0.29, 0.717) is 11.6 Å². The highest BCUT2D eigenvalue weighted by Gasteiger charge is 2.21. The van der Waals surface area contributed by atoms with Crippen molar-refractivity contribution in [3.05, 3.63) is 58.6 Å².